The molecular weight excluding hydrogens is 333 g/mol. The molecule has 3 aromatic rings. The largest absolute Gasteiger partial charge is 0.494 e. The molecule has 1 heterocycles. The molecule has 0 atom stereocenters. The van der Waals surface area contributed by atoms with E-state index in [4.69, 9.17) is 9.47 Å². The maximum Gasteiger partial charge on any atom is 0.200 e. The predicted molar refractivity (Wildman–Crippen MR) is 102 cm³/mol. The van der Waals surface area contributed by atoms with E-state index in [9.17, 15) is 9.18 Å². The van der Waals surface area contributed by atoms with Gasteiger partial charge in [-0.3, -0.25) is 4.79 Å². The molecule has 136 valence electrons. The molecular formula is C21H22FNO3. The molecule has 0 saturated heterocycles. The molecule has 0 N–H and O–H groups in total. The van der Waals surface area contributed by atoms with Crippen molar-refractivity contribution in [3.8, 4) is 22.6 Å². The smallest absolute Gasteiger partial charge is 0.200 e. The van der Waals surface area contributed by atoms with Crippen LogP contribution in [-0.4, -0.2) is 17.8 Å². The van der Waals surface area contributed by atoms with Gasteiger partial charge in [0.25, 0.3) is 0 Å². The first-order valence-corrected chi connectivity index (χ1v) is 8.74. The number of nitrogens with zero attached hydrogens (tertiary/aromatic N) is 1. The summed E-state index contributed by atoms with van der Waals surface area (Å²) in [5, 5.41) is 0.0486. The van der Waals surface area contributed by atoms with Gasteiger partial charge in [0.15, 0.2) is 5.43 Å². The zero-order valence-electron chi connectivity index (χ0n) is 15.2. The molecule has 0 aliphatic carbocycles. The van der Waals surface area contributed by atoms with Crippen LogP contribution >= 0.6 is 0 Å². The molecule has 3 rings (SSSR count). The molecule has 0 saturated carbocycles. The third kappa shape index (κ3) is 3.29. The van der Waals surface area contributed by atoms with Gasteiger partial charge in [-0.25, -0.2) is 4.39 Å². The first-order valence-electron chi connectivity index (χ1n) is 8.74. The Morgan fingerprint density at radius 3 is 2.42 bits per heavy atom. The van der Waals surface area contributed by atoms with Crippen molar-refractivity contribution in [3.63, 3.8) is 0 Å². The van der Waals surface area contributed by atoms with Gasteiger partial charge in [0.1, 0.15) is 17.3 Å². The number of halogens is 1. The van der Waals surface area contributed by atoms with Gasteiger partial charge in [-0.15, -0.1) is 0 Å². The van der Waals surface area contributed by atoms with Crippen LogP contribution in [0.2, 0.25) is 0 Å². The molecule has 0 unspecified atom stereocenters. The number of aromatic nitrogens is 1. The number of ether oxygens (including phenoxy) is 2. The minimum absolute atomic E-state index is 0.0486. The van der Waals surface area contributed by atoms with Crippen LogP contribution in [0.5, 0.6) is 11.5 Å². The van der Waals surface area contributed by atoms with Gasteiger partial charge in [-0.05, 0) is 43.2 Å². The molecule has 0 radical (unpaired) electrons. The minimum Gasteiger partial charge on any atom is -0.494 e. The number of hydrogen-bond donors (Lipinski definition) is 0. The monoisotopic (exact) mass is 355 g/mol. The Morgan fingerprint density at radius 2 is 1.77 bits per heavy atom. The average molecular weight is 355 g/mol. The fraction of sp³-hybridized carbons (Fsp3) is 0.286. The summed E-state index contributed by atoms with van der Waals surface area (Å²) >= 11 is 0. The van der Waals surface area contributed by atoms with Crippen molar-refractivity contribution in [1.82, 2.24) is 4.57 Å². The summed E-state index contributed by atoms with van der Waals surface area (Å²) in [5.41, 5.74) is 1.28. The molecule has 0 bridgehead atoms. The summed E-state index contributed by atoms with van der Waals surface area (Å²) in [4.78, 5) is 13.0. The van der Waals surface area contributed by atoms with Gasteiger partial charge in [-0.2, -0.15) is 0 Å². The third-order valence-electron chi connectivity index (χ3n) is 4.18. The fourth-order valence-corrected chi connectivity index (χ4v) is 3.00. The lowest BCUT2D eigenvalue weighted by atomic mass is 10.0. The van der Waals surface area contributed by atoms with E-state index in [0.29, 0.717) is 30.0 Å². The zero-order chi connectivity index (χ0) is 18.7. The van der Waals surface area contributed by atoms with Crippen LogP contribution in [0.1, 0.15) is 20.3 Å². The molecule has 26 heavy (non-hydrogen) atoms. The molecule has 0 fully saturated rings. The highest BCUT2D eigenvalue weighted by molar-refractivity contribution is 5.89. The molecule has 2 aromatic carbocycles. The van der Waals surface area contributed by atoms with Crippen LogP contribution in [0.4, 0.5) is 4.39 Å². The molecule has 0 aliphatic rings. The van der Waals surface area contributed by atoms with Crippen molar-refractivity contribution in [3.05, 3.63) is 58.6 Å². The summed E-state index contributed by atoms with van der Waals surface area (Å²) in [6, 6.07) is 10.1. The van der Waals surface area contributed by atoms with E-state index in [1.54, 1.807) is 36.0 Å². The lowest BCUT2D eigenvalue weighted by Crippen LogP contribution is -2.13. The summed E-state index contributed by atoms with van der Waals surface area (Å²) in [6.45, 7) is 4.99. The second kappa shape index (κ2) is 7.60. The van der Waals surface area contributed by atoms with E-state index in [-0.39, 0.29) is 10.8 Å². The van der Waals surface area contributed by atoms with Crippen molar-refractivity contribution in [1.29, 1.82) is 0 Å². The Bertz CT molecular complexity index is 977. The molecule has 4 nitrogen and oxygen atoms in total. The molecule has 0 spiro atoms. The fourth-order valence-electron chi connectivity index (χ4n) is 3.00. The highest BCUT2D eigenvalue weighted by atomic mass is 19.1. The lowest BCUT2D eigenvalue weighted by molar-refractivity contribution is 0.319. The predicted octanol–water partition coefficient (Wildman–Crippen LogP) is 4.53. The van der Waals surface area contributed by atoms with Crippen molar-refractivity contribution >= 4 is 10.9 Å². The maximum absolute atomic E-state index is 14.5. The molecule has 0 amide bonds. The van der Waals surface area contributed by atoms with Gasteiger partial charge in [0.2, 0.25) is 0 Å². The summed E-state index contributed by atoms with van der Waals surface area (Å²) < 4.78 is 27.4. The van der Waals surface area contributed by atoms with Crippen LogP contribution in [0, 0.1) is 5.82 Å². The molecule has 5 heteroatoms. The number of benzene rings is 2. The average Bonchev–Trinajstić information content (AvgIpc) is 2.64. The van der Waals surface area contributed by atoms with Crippen molar-refractivity contribution in [2.75, 3.05) is 13.2 Å². The SMILES string of the molecule is CCCOc1ccc(F)c2c(=O)c(-c3ccc(OCC)cc3)cn(C)c12. The number of pyridine rings is 1. The highest BCUT2D eigenvalue weighted by Gasteiger charge is 2.17. The van der Waals surface area contributed by atoms with Gasteiger partial charge in [-0.1, -0.05) is 19.1 Å². The Balaban J connectivity index is 2.18. The van der Waals surface area contributed by atoms with E-state index in [1.165, 1.54) is 6.07 Å². The summed E-state index contributed by atoms with van der Waals surface area (Å²) in [5.74, 6) is 0.702. The Hall–Kier alpha value is -2.82. The van der Waals surface area contributed by atoms with Crippen molar-refractivity contribution in [2.45, 2.75) is 20.3 Å². The van der Waals surface area contributed by atoms with Crippen LogP contribution in [0.15, 0.2) is 47.4 Å². The second-order valence-corrected chi connectivity index (χ2v) is 6.06. The Morgan fingerprint density at radius 1 is 1.04 bits per heavy atom. The number of rotatable bonds is 6. The first-order chi connectivity index (χ1) is 12.6. The minimum atomic E-state index is -0.544. The van der Waals surface area contributed by atoms with Gasteiger partial charge >= 0.3 is 0 Å². The lowest BCUT2D eigenvalue weighted by Gasteiger charge is -2.14. The molecule has 1 aromatic heterocycles. The highest BCUT2D eigenvalue weighted by Crippen LogP contribution is 2.29. The second-order valence-electron chi connectivity index (χ2n) is 6.06. The number of hydrogen-bond acceptors (Lipinski definition) is 3. The van der Waals surface area contributed by atoms with Crippen LogP contribution < -0.4 is 14.9 Å². The van der Waals surface area contributed by atoms with Crippen molar-refractivity contribution in [2.24, 2.45) is 7.05 Å². The van der Waals surface area contributed by atoms with Gasteiger partial charge in [0, 0.05) is 18.8 Å². The van der Waals surface area contributed by atoms with Crippen LogP contribution in [-0.2, 0) is 7.05 Å². The van der Waals surface area contributed by atoms with Crippen LogP contribution in [0.25, 0.3) is 22.0 Å². The quantitative estimate of drug-likeness (QED) is 0.652. The van der Waals surface area contributed by atoms with Crippen LogP contribution in [0.3, 0.4) is 0 Å². The van der Waals surface area contributed by atoms with Gasteiger partial charge < -0.3 is 14.0 Å². The topological polar surface area (TPSA) is 40.5 Å². The van der Waals surface area contributed by atoms with E-state index < -0.39 is 5.82 Å². The normalized spacial score (nSPS) is 10.9. The standard InChI is InChI=1S/C21H22FNO3/c1-4-12-26-18-11-10-17(22)19-20(18)23(3)13-16(21(19)24)14-6-8-15(9-7-14)25-5-2/h6-11,13H,4-5,12H2,1-3H3. The zero-order valence-corrected chi connectivity index (χ0v) is 15.2. The molecule has 0 aliphatic heterocycles. The number of fused-ring (bicyclic) bond motifs is 1. The Kier molecular flexibility index (Phi) is 5.26. The van der Waals surface area contributed by atoms with E-state index >= 15 is 0 Å². The van der Waals surface area contributed by atoms with E-state index in [0.717, 1.165) is 17.7 Å². The maximum atomic E-state index is 14.5. The van der Waals surface area contributed by atoms with E-state index in [2.05, 4.69) is 0 Å². The first kappa shape index (κ1) is 18.0. The van der Waals surface area contributed by atoms with Crippen molar-refractivity contribution < 1.29 is 13.9 Å². The number of aryl methyl sites for hydroxylation is 1. The summed E-state index contributed by atoms with van der Waals surface area (Å²) in [6.07, 6.45) is 2.55. The van der Waals surface area contributed by atoms with Gasteiger partial charge in [0.05, 0.1) is 24.1 Å². The third-order valence-corrected chi connectivity index (χ3v) is 4.18. The van der Waals surface area contributed by atoms with E-state index in [1.807, 2.05) is 26.0 Å². The summed E-state index contributed by atoms with van der Waals surface area (Å²) in [7, 11) is 1.79. The Labute approximate surface area is 151 Å².